The lowest BCUT2D eigenvalue weighted by atomic mass is 10.2. The molecule has 0 aliphatic carbocycles. The normalized spacial score (nSPS) is 16.8. The van der Waals surface area contributed by atoms with Crippen LogP contribution in [0.25, 0.3) is 0 Å². The average Bonchev–Trinajstić information content (AvgIpc) is 2.38. The Bertz CT molecular complexity index is 391. The van der Waals surface area contributed by atoms with Gasteiger partial charge in [0.05, 0.1) is 17.3 Å². The topological polar surface area (TPSA) is 44.4 Å². The molecular weight excluding hydrogens is 238 g/mol. The number of halogens is 1. The van der Waals surface area contributed by atoms with E-state index in [0.29, 0.717) is 17.3 Å². The van der Waals surface area contributed by atoms with Crippen molar-refractivity contribution in [3.05, 3.63) is 34.9 Å². The molecule has 5 heteroatoms. The van der Waals surface area contributed by atoms with Crippen molar-refractivity contribution in [1.82, 2.24) is 15.5 Å². The molecule has 2 rings (SSSR count). The SMILES string of the molecule is O=C(NCN1CCNCC1)c1ccccc1Cl. The van der Waals surface area contributed by atoms with Gasteiger partial charge in [-0.05, 0) is 12.1 Å². The third kappa shape index (κ3) is 3.43. The molecule has 1 fully saturated rings. The molecule has 4 nitrogen and oxygen atoms in total. The van der Waals surface area contributed by atoms with Gasteiger partial charge in [-0.25, -0.2) is 0 Å². The molecule has 1 aromatic rings. The maximum Gasteiger partial charge on any atom is 0.253 e. The van der Waals surface area contributed by atoms with Gasteiger partial charge in [-0.3, -0.25) is 9.69 Å². The van der Waals surface area contributed by atoms with E-state index in [2.05, 4.69) is 15.5 Å². The number of amides is 1. The first-order valence-corrected chi connectivity index (χ1v) is 6.11. The number of rotatable bonds is 3. The summed E-state index contributed by atoms with van der Waals surface area (Å²) < 4.78 is 0. The Morgan fingerprint density at radius 3 is 2.76 bits per heavy atom. The predicted molar refractivity (Wildman–Crippen MR) is 68.2 cm³/mol. The van der Waals surface area contributed by atoms with E-state index in [0.717, 1.165) is 26.2 Å². The zero-order valence-electron chi connectivity index (χ0n) is 9.58. The van der Waals surface area contributed by atoms with Crippen molar-refractivity contribution < 1.29 is 4.79 Å². The van der Waals surface area contributed by atoms with Crippen LogP contribution in [0.1, 0.15) is 10.4 Å². The highest BCUT2D eigenvalue weighted by atomic mass is 35.5. The molecule has 1 aliphatic rings. The van der Waals surface area contributed by atoms with Crippen LogP contribution in [-0.2, 0) is 0 Å². The zero-order valence-corrected chi connectivity index (χ0v) is 10.3. The number of hydrogen-bond acceptors (Lipinski definition) is 3. The van der Waals surface area contributed by atoms with Crippen LogP contribution in [0.2, 0.25) is 5.02 Å². The Morgan fingerprint density at radius 2 is 2.06 bits per heavy atom. The van der Waals surface area contributed by atoms with E-state index >= 15 is 0 Å². The lowest BCUT2D eigenvalue weighted by Gasteiger charge is -2.27. The summed E-state index contributed by atoms with van der Waals surface area (Å²) in [4.78, 5) is 14.1. The molecule has 0 bridgehead atoms. The highest BCUT2D eigenvalue weighted by Crippen LogP contribution is 2.14. The fourth-order valence-electron chi connectivity index (χ4n) is 1.79. The van der Waals surface area contributed by atoms with Crippen molar-refractivity contribution in [2.24, 2.45) is 0 Å². The monoisotopic (exact) mass is 253 g/mol. The van der Waals surface area contributed by atoms with E-state index in [4.69, 9.17) is 11.6 Å². The molecule has 92 valence electrons. The Morgan fingerprint density at radius 1 is 1.35 bits per heavy atom. The van der Waals surface area contributed by atoms with Crippen molar-refractivity contribution in [3.63, 3.8) is 0 Å². The summed E-state index contributed by atoms with van der Waals surface area (Å²) in [6, 6.07) is 7.08. The average molecular weight is 254 g/mol. The molecule has 0 unspecified atom stereocenters. The molecule has 0 spiro atoms. The lowest BCUT2D eigenvalue weighted by Crippen LogP contribution is -2.48. The summed E-state index contributed by atoms with van der Waals surface area (Å²) in [6.45, 7) is 4.45. The second kappa shape index (κ2) is 6.00. The molecule has 1 aromatic carbocycles. The number of nitrogens with one attached hydrogen (secondary N) is 2. The number of benzene rings is 1. The van der Waals surface area contributed by atoms with Crippen LogP contribution in [0, 0.1) is 0 Å². The Hall–Kier alpha value is -1.10. The molecule has 0 saturated carbocycles. The molecule has 1 heterocycles. The van der Waals surface area contributed by atoms with E-state index in [9.17, 15) is 4.79 Å². The first-order chi connectivity index (χ1) is 8.27. The summed E-state index contributed by atoms with van der Waals surface area (Å²) in [7, 11) is 0. The maximum absolute atomic E-state index is 11.9. The van der Waals surface area contributed by atoms with Gasteiger partial charge in [-0.15, -0.1) is 0 Å². The first kappa shape index (κ1) is 12.4. The molecular formula is C12H16ClN3O. The van der Waals surface area contributed by atoms with E-state index in [-0.39, 0.29) is 5.91 Å². The predicted octanol–water partition coefficient (Wildman–Crippen LogP) is 0.933. The van der Waals surface area contributed by atoms with E-state index < -0.39 is 0 Å². The van der Waals surface area contributed by atoms with Gasteiger partial charge in [-0.2, -0.15) is 0 Å². The third-order valence-corrected chi connectivity index (χ3v) is 3.12. The van der Waals surface area contributed by atoms with Crippen molar-refractivity contribution >= 4 is 17.5 Å². The summed E-state index contributed by atoms with van der Waals surface area (Å²) in [5, 5.41) is 6.64. The number of carbonyl (C=O) groups excluding carboxylic acids is 1. The minimum atomic E-state index is -0.117. The van der Waals surface area contributed by atoms with E-state index in [1.165, 1.54) is 0 Å². The smallest absolute Gasteiger partial charge is 0.253 e. The summed E-state index contributed by atoms with van der Waals surface area (Å²) in [6.07, 6.45) is 0. The standard InChI is InChI=1S/C12H16ClN3O/c13-11-4-2-1-3-10(11)12(17)15-9-16-7-5-14-6-8-16/h1-4,14H,5-9H2,(H,15,17). The molecule has 0 aromatic heterocycles. The van der Waals surface area contributed by atoms with Crippen LogP contribution in [0.15, 0.2) is 24.3 Å². The lowest BCUT2D eigenvalue weighted by molar-refractivity contribution is 0.0917. The van der Waals surface area contributed by atoms with Gasteiger partial charge < -0.3 is 10.6 Å². The van der Waals surface area contributed by atoms with Crippen LogP contribution in [0.3, 0.4) is 0 Å². The molecule has 1 saturated heterocycles. The number of nitrogens with zero attached hydrogens (tertiary/aromatic N) is 1. The molecule has 17 heavy (non-hydrogen) atoms. The number of hydrogen-bond donors (Lipinski definition) is 2. The van der Waals surface area contributed by atoms with Crippen molar-refractivity contribution in [2.75, 3.05) is 32.8 Å². The molecule has 1 aliphatic heterocycles. The quantitative estimate of drug-likeness (QED) is 0.843. The van der Waals surface area contributed by atoms with Crippen LogP contribution >= 0.6 is 11.6 Å². The Balaban J connectivity index is 1.87. The van der Waals surface area contributed by atoms with Crippen LogP contribution in [0.5, 0.6) is 0 Å². The van der Waals surface area contributed by atoms with Gasteiger partial charge in [0.2, 0.25) is 0 Å². The summed E-state index contributed by atoms with van der Waals surface area (Å²) in [5.41, 5.74) is 0.532. The molecule has 0 atom stereocenters. The van der Waals surface area contributed by atoms with Gasteiger partial charge in [0.15, 0.2) is 0 Å². The van der Waals surface area contributed by atoms with Gasteiger partial charge in [-0.1, -0.05) is 23.7 Å². The van der Waals surface area contributed by atoms with Crippen molar-refractivity contribution in [2.45, 2.75) is 0 Å². The highest BCUT2D eigenvalue weighted by molar-refractivity contribution is 6.33. The second-order valence-electron chi connectivity index (χ2n) is 4.01. The van der Waals surface area contributed by atoms with Gasteiger partial charge in [0.1, 0.15) is 0 Å². The van der Waals surface area contributed by atoms with E-state index in [1.807, 2.05) is 12.1 Å². The minimum absolute atomic E-state index is 0.117. The van der Waals surface area contributed by atoms with Gasteiger partial charge in [0, 0.05) is 26.2 Å². The van der Waals surface area contributed by atoms with Gasteiger partial charge >= 0.3 is 0 Å². The molecule has 0 radical (unpaired) electrons. The van der Waals surface area contributed by atoms with Crippen molar-refractivity contribution in [1.29, 1.82) is 0 Å². The number of piperazine rings is 1. The van der Waals surface area contributed by atoms with Crippen LogP contribution in [-0.4, -0.2) is 43.7 Å². The second-order valence-corrected chi connectivity index (χ2v) is 4.42. The Kier molecular flexibility index (Phi) is 4.36. The maximum atomic E-state index is 11.9. The van der Waals surface area contributed by atoms with Crippen molar-refractivity contribution in [3.8, 4) is 0 Å². The minimum Gasteiger partial charge on any atom is -0.339 e. The molecule has 2 N–H and O–H groups in total. The summed E-state index contributed by atoms with van der Waals surface area (Å²) in [5.74, 6) is -0.117. The fourth-order valence-corrected chi connectivity index (χ4v) is 2.01. The largest absolute Gasteiger partial charge is 0.339 e. The van der Waals surface area contributed by atoms with E-state index in [1.54, 1.807) is 12.1 Å². The first-order valence-electron chi connectivity index (χ1n) is 5.73. The highest BCUT2D eigenvalue weighted by Gasteiger charge is 2.12. The number of carbonyl (C=O) groups is 1. The Labute approximate surface area is 106 Å². The van der Waals surface area contributed by atoms with Crippen LogP contribution < -0.4 is 10.6 Å². The third-order valence-electron chi connectivity index (χ3n) is 2.79. The van der Waals surface area contributed by atoms with Crippen LogP contribution in [0.4, 0.5) is 0 Å². The molecule has 1 amide bonds. The zero-order chi connectivity index (χ0) is 12.1. The summed E-state index contributed by atoms with van der Waals surface area (Å²) >= 11 is 5.96. The fraction of sp³-hybridized carbons (Fsp3) is 0.417. The van der Waals surface area contributed by atoms with Gasteiger partial charge in [0.25, 0.3) is 5.91 Å².